The molecule has 1 aliphatic carbocycles. The highest BCUT2D eigenvalue weighted by molar-refractivity contribution is 5.79. The smallest absolute Gasteiger partial charge is 0.133 e. The maximum Gasteiger partial charge on any atom is 0.133 e. The quantitative estimate of drug-likeness (QED) is 0.714. The van der Waals surface area contributed by atoms with E-state index in [0.29, 0.717) is 0 Å². The van der Waals surface area contributed by atoms with Crippen molar-refractivity contribution in [1.82, 2.24) is 0 Å². The first kappa shape index (κ1) is 10.7. The molecular formula is C11H20O2. The molecule has 3 unspecified atom stereocenters. The van der Waals surface area contributed by atoms with Crippen molar-refractivity contribution in [3.05, 3.63) is 0 Å². The van der Waals surface area contributed by atoms with E-state index in [2.05, 4.69) is 0 Å². The van der Waals surface area contributed by atoms with Crippen LogP contribution in [-0.2, 0) is 4.79 Å². The van der Waals surface area contributed by atoms with Crippen molar-refractivity contribution in [3.8, 4) is 0 Å². The van der Waals surface area contributed by atoms with Crippen molar-refractivity contribution in [3.63, 3.8) is 0 Å². The molecule has 0 aromatic heterocycles. The fraction of sp³-hybridized carbons (Fsp3) is 0.909. The third-order valence-corrected chi connectivity index (χ3v) is 4.16. The summed E-state index contributed by atoms with van der Waals surface area (Å²) in [5.41, 5.74) is -0.892. The van der Waals surface area contributed by atoms with Gasteiger partial charge in [0, 0.05) is 11.3 Å². The van der Waals surface area contributed by atoms with Gasteiger partial charge in [0.2, 0.25) is 0 Å². The predicted octanol–water partition coefficient (Wildman–Crippen LogP) is 2.15. The first-order valence-corrected chi connectivity index (χ1v) is 5.04. The average Bonchev–Trinajstić information content (AvgIpc) is 2.26. The summed E-state index contributed by atoms with van der Waals surface area (Å²) in [4.78, 5) is 11.3. The fourth-order valence-electron chi connectivity index (χ4n) is 2.49. The van der Waals surface area contributed by atoms with Crippen molar-refractivity contribution < 1.29 is 9.90 Å². The van der Waals surface area contributed by atoms with Crippen LogP contribution in [0.25, 0.3) is 0 Å². The van der Waals surface area contributed by atoms with Crippen molar-refractivity contribution in [1.29, 1.82) is 0 Å². The minimum absolute atomic E-state index is 0.0370. The number of carbonyl (C=O) groups is 1. The van der Waals surface area contributed by atoms with Crippen molar-refractivity contribution >= 4 is 5.78 Å². The highest BCUT2D eigenvalue weighted by atomic mass is 16.3. The Morgan fingerprint density at radius 3 is 2.23 bits per heavy atom. The minimum atomic E-state index is -0.669. The minimum Gasteiger partial charge on any atom is -0.390 e. The number of aliphatic hydroxyl groups is 1. The maximum atomic E-state index is 11.3. The van der Waals surface area contributed by atoms with Gasteiger partial charge in [0.15, 0.2) is 0 Å². The Hall–Kier alpha value is -0.370. The van der Waals surface area contributed by atoms with Crippen molar-refractivity contribution in [2.24, 2.45) is 11.3 Å². The lowest BCUT2D eigenvalue weighted by Crippen LogP contribution is -2.45. The van der Waals surface area contributed by atoms with Gasteiger partial charge in [0.1, 0.15) is 5.78 Å². The fourth-order valence-corrected chi connectivity index (χ4v) is 2.49. The summed E-state index contributed by atoms with van der Waals surface area (Å²) in [5, 5.41) is 10.2. The zero-order chi connectivity index (χ0) is 10.3. The number of carbonyl (C=O) groups excluding carboxylic acids is 1. The number of rotatable bonds is 2. The van der Waals surface area contributed by atoms with Gasteiger partial charge in [-0.3, -0.25) is 4.79 Å². The lowest BCUT2D eigenvalue weighted by Gasteiger charge is -2.40. The Morgan fingerprint density at radius 1 is 1.38 bits per heavy atom. The van der Waals surface area contributed by atoms with E-state index in [1.54, 1.807) is 6.92 Å². The molecule has 1 rings (SSSR count). The normalized spacial score (nSPS) is 41.9. The van der Waals surface area contributed by atoms with Crippen LogP contribution in [-0.4, -0.2) is 16.5 Å². The average molecular weight is 184 g/mol. The Kier molecular flexibility index (Phi) is 2.54. The molecule has 3 atom stereocenters. The standard InChI is InChI=1S/C11H20O2/c1-8(9(2)12)10(3)6-5-7-11(10,4)13/h8,13H,5-7H2,1-4H3. The summed E-state index contributed by atoms with van der Waals surface area (Å²) < 4.78 is 0. The van der Waals surface area contributed by atoms with E-state index in [9.17, 15) is 9.90 Å². The van der Waals surface area contributed by atoms with E-state index >= 15 is 0 Å². The first-order valence-electron chi connectivity index (χ1n) is 5.04. The summed E-state index contributed by atoms with van der Waals surface area (Å²) in [5.74, 6) is 0.148. The molecular weight excluding hydrogens is 164 g/mol. The topological polar surface area (TPSA) is 37.3 Å². The van der Waals surface area contributed by atoms with Crippen LogP contribution in [0, 0.1) is 11.3 Å². The van der Waals surface area contributed by atoms with Gasteiger partial charge in [-0.2, -0.15) is 0 Å². The predicted molar refractivity (Wildman–Crippen MR) is 52.4 cm³/mol. The maximum absolute atomic E-state index is 11.3. The summed E-state index contributed by atoms with van der Waals surface area (Å²) in [6.07, 6.45) is 2.81. The Labute approximate surface area is 80.3 Å². The van der Waals surface area contributed by atoms with Gasteiger partial charge in [0.05, 0.1) is 5.60 Å². The van der Waals surface area contributed by atoms with Crippen LogP contribution < -0.4 is 0 Å². The molecule has 0 saturated heterocycles. The highest BCUT2D eigenvalue weighted by Gasteiger charge is 2.51. The van der Waals surface area contributed by atoms with Crippen LogP contribution in [0.5, 0.6) is 0 Å². The highest BCUT2D eigenvalue weighted by Crippen LogP contribution is 2.51. The third kappa shape index (κ3) is 1.52. The lowest BCUT2D eigenvalue weighted by atomic mass is 9.67. The molecule has 1 N–H and O–H groups in total. The van der Waals surface area contributed by atoms with E-state index < -0.39 is 5.60 Å². The first-order chi connectivity index (χ1) is 5.81. The van der Waals surface area contributed by atoms with Gasteiger partial charge in [-0.15, -0.1) is 0 Å². The Balaban J connectivity index is 2.93. The molecule has 0 amide bonds. The molecule has 0 spiro atoms. The molecule has 0 aliphatic heterocycles. The molecule has 76 valence electrons. The molecule has 1 saturated carbocycles. The number of hydrogen-bond acceptors (Lipinski definition) is 2. The number of hydrogen-bond donors (Lipinski definition) is 1. The Bertz CT molecular complexity index is 220. The molecule has 0 heterocycles. The summed E-state index contributed by atoms with van der Waals surface area (Å²) in [7, 11) is 0. The second kappa shape index (κ2) is 3.09. The molecule has 1 aliphatic rings. The molecule has 1 fully saturated rings. The largest absolute Gasteiger partial charge is 0.390 e. The zero-order valence-electron chi connectivity index (χ0n) is 9.05. The van der Waals surface area contributed by atoms with E-state index in [-0.39, 0.29) is 17.1 Å². The molecule has 13 heavy (non-hydrogen) atoms. The van der Waals surface area contributed by atoms with Crippen LogP contribution in [0.3, 0.4) is 0 Å². The van der Waals surface area contributed by atoms with E-state index in [1.165, 1.54) is 0 Å². The zero-order valence-corrected chi connectivity index (χ0v) is 9.05. The number of Topliss-reactive ketones (excluding diaryl/α,β-unsaturated/α-hetero) is 1. The van der Waals surface area contributed by atoms with E-state index in [0.717, 1.165) is 19.3 Å². The SMILES string of the molecule is CC(=O)C(C)C1(C)CCCC1(C)O. The number of ketones is 1. The van der Waals surface area contributed by atoms with Gasteiger partial charge in [-0.05, 0) is 33.1 Å². The van der Waals surface area contributed by atoms with Gasteiger partial charge in [-0.1, -0.05) is 13.8 Å². The van der Waals surface area contributed by atoms with Crippen LogP contribution in [0.15, 0.2) is 0 Å². The molecule has 0 bridgehead atoms. The second-order valence-electron chi connectivity index (χ2n) is 4.88. The molecule has 2 heteroatoms. The molecule has 2 nitrogen and oxygen atoms in total. The van der Waals surface area contributed by atoms with Crippen LogP contribution >= 0.6 is 0 Å². The van der Waals surface area contributed by atoms with Crippen LogP contribution in [0.4, 0.5) is 0 Å². The Morgan fingerprint density at radius 2 is 1.92 bits per heavy atom. The van der Waals surface area contributed by atoms with E-state index in [4.69, 9.17) is 0 Å². The van der Waals surface area contributed by atoms with Gasteiger partial charge in [-0.25, -0.2) is 0 Å². The summed E-state index contributed by atoms with van der Waals surface area (Å²) in [6.45, 7) is 7.44. The van der Waals surface area contributed by atoms with Crippen LogP contribution in [0.1, 0.15) is 47.0 Å². The van der Waals surface area contributed by atoms with Crippen molar-refractivity contribution in [2.75, 3.05) is 0 Å². The van der Waals surface area contributed by atoms with Gasteiger partial charge < -0.3 is 5.11 Å². The second-order valence-corrected chi connectivity index (χ2v) is 4.88. The molecule has 0 radical (unpaired) electrons. The van der Waals surface area contributed by atoms with Crippen molar-refractivity contribution in [2.45, 2.75) is 52.6 Å². The van der Waals surface area contributed by atoms with E-state index in [1.807, 2.05) is 20.8 Å². The lowest BCUT2D eigenvalue weighted by molar-refractivity contribution is -0.132. The van der Waals surface area contributed by atoms with Crippen LogP contribution in [0.2, 0.25) is 0 Å². The molecule has 0 aromatic rings. The summed E-state index contributed by atoms with van der Waals surface area (Å²) in [6, 6.07) is 0. The molecule has 0 aromatic carbocycles. The van der Waals surface area contributed by atoms with Gasteiger partial charge in [0.25, 0.3) is 0 Å². The summed E-state index contributed by atoms with van der Waals surface area (Å²) >= 11 is 0. The third-order valence-electron chi connectivity index (χ3n) is 4.16. The van der Waals surface area contributed by atoms with Gasteiger partial charge >= 0.3 is 0 Å². The monoisotopic (exact) mass is 184 g/mol.